The minimum atomic E-state index is -0.271. The molecular weight excluding hydrogens is 348 g/mol. The lowest BCUT2D eigenvalue weighted by molar-refractivity contribution is 0.0235. The first kappa shape index (κ1) is 17.5. The van der Waals surface area contributed by atoms with Crippen molar-refractivity contribution >= 4 is 17.2 Å². The van der Waals surface area contributed by atoms with Gasteiger partial charge in [-0.1, -0.05) is 0 Å². The van der Waals surface area contributed by atoms with Crippen LogP contribution < -0.4 is 10.1 Å². The van der Waals surface area contributed by atoms with Crippen molar-refractivity contribution in [2.24, 2.45) is 5.92 Å². The quantitative estimate of drug-likeness (QED) is 0.845. The zero-order valence-electron chi connectivity index (χ0n) is 14.9. The fraction of sp³-hybridized carbons (Fsp3) is 0.500. The molecule has 0 aromatic carbocycles. The van der Waals surface area contributed by atoms with Crippen molar-refractivity contribution in [3.05, 3.63) is 45.4 Å². The van der Waals surface area contributed by atoms with E-state index in [2.05, 4.69) is 15.7 Å². The molecule has 1 atom stereocenters. The second-order valence-electron chi connectivity index (χ2n) is 7.27. The lowest BCUT2D eigenvalue weighted by Gasteiger charge is -2.38. The van der Waals surface area contributed by atoms with Crippen LogP contribution in [0.3, 0.4) is 0 Å². The summed E-state index contributed by atoms with van der Waals surface area (Å²) < 4.78 is 5.29. The lowest BCUT2D eigenvalue weighted by Crippen LogP contribution is -2.41. The zero-order chi connectivity index (χ0) is 18.1. The molecule has 1 saturated carbocycles. The molecule has 4 rings (SSSR count). The molecule has 2 aliphatic rings. The van der Waals surface area contributed by atoms with Crippen LogP contribution >= 0.6 is 11.3 Å². The third-order valence-corrected chi connectivity index (χ3v) is 6.62. The molecule has 2 aliphatic carbocycles. The van der Waals surface area contributed by atoms with Gasteiger partial charge in [-0.3, -0.25) is 9.78 Å². The van der Waals surface area contributed by atoms with E-state index in [1.807, 2.05) is 6.07 Å². The number of amides is 1. The van der Waals surface area contributed by atoms with Crippen LogP contribution in [0.15, 0.2) is 23.8 Å². The molecule has 5 nitrogen and oxygen atoms in total. The Labute approximate surface area is 157 Å². The van der Waals surface area contributed by atoms with E-state index < -0.39 is 0 Å². The van der Waals surface area contributed by atoms with Gasteiger partial charge in [-0.2, -0.15) is 0 Å². The highest BCUT2D eigenvalue weighted by Crippen LogP contribution is 2.39. The number of methoxy groups -OCH3 is 1. The predicted molar refractivity (Wildman–Crippen MR) is 101 cm³/mol. The van der Waals surface area contributed by atoms with Gasteiger partial charge in [0.2, 0.25) is 0 Å². The monoisotopic (exact) mass is 372 g/mol. The summed E-state index contributed by atoms with van der Waals surface area (Å²) >= 11 is 1.55. The highest BCUT2D eigenvalue weighted by molar-refractivity contribution is 7.12. The summed E-state index contributed by atoms with van der Waals surface area (Å²) in [5.74, 6) is 0.890. The van der Waals surface area contributed by atoms with Crippen molar-refractivity contribution in [3.63, 3.8) is 0 Å². The topological polar surface area (TPSA) is 71.5 Å². The Morgan fingerprint density at radius 3 is 2.92 bits per heavy atom. The molecular formula is C20H24N2O3S. The Balaban J connectivity index is 1.58. The third kappa shape index (κ3) is 3.35. The maximum Gasteiger partial charge on any atom is 0.262 e. The van der Waals surface area contributed by atoms with Gasteiger partial charge in [0.05, 0.1) is 30.3 Å². The van der Waals surface area contributed by atoms with E-state index in [-0.39, 0.29) is 24.0 Å². The highest BCUT2D eigenvalue weighted by atomic mass is 32.1. The molecule has 0 radical (unpaired) electrons. The van der Waals surface area contributed by atoms with Crippen LogP contribution in [0.1, 0.15) is 58.1 Å². The summed E-state index contributed by atoms with van der Waals surface area (Å²) in [6.07, 6.45) is 9.01. The second-order valence-corrected chi connectivity index (χ2v) is 8.15. The first-order chi connectivity index (χ1) is 12.7. The van der Waals surface area contributed by atoms with E-state index in [4.69, 9.17) is 4.74 Å². The SMILES string of the molecule is COc1cncc(C(NC(=O)c2scc3c2CCCC3)C2CC(O)C2)c1. The number of carbonyl (C=O) groups excluding carboxylic acids is 1. The minimum Gasteiger partial charge on any atom is -0.495 e. The number of fused-ring (bicyclic) bond motifs is 1. The summed E-state index contributed by atoms with van der Waals surface area (Å²) in [6.45, 7) is 0. The third-order valence-electron chi connectivity index (χ3n) is 5.55. The summed E-state index contributed by atoms with van der Waals surface area (Å²) in [6, 6.07) is 1.77. The summed E-state index contributed by atoms with van der Waals surface area (Å²) in [7, 11) is 1.61. The standard InChI is InChI=1S/C20H24N2O3S/c1-25-16-8-14(9-21-10-16)18(13-6-15(23)7-13)22-20(24)19-17-5-3-2-4-12(17)11-26-19/h8-11,13,15,18,23H,2-7H2,1H3,(H,22,24). The van der Waals surface area contributed by atoms with Crippen molar-refractivity contribution in [2.45, 2.75) is 50.7 Å². The molecule has 0 saturated heterocycles. The van der Waals surface area contributed by atoms with Gasteiger partial charge in [0.1, 0.15) is 5.75 Å². The zero-order valence-corrected chi connectivity index (χ0v) is 15.7. The number of rotatable bonds is 5. The second kappa shape index (κ2) is 7.37. The number of aliphatic hydroxyl groups excluding tert-OH is 1. The maximum absolute atomic E-state index is 13.0. The maximum atomic E-state index is 13.0. The number of aliphatic hydroxyl groups is 1. The number of carbonyl (C=O) groups is 1. The van der Waals surface area contributed by atoms with Gasteiger partial charge in [0.15, 0.2) is 0 Å². The van der Waals surface area contributed by atoms with Gasteiger partial charge >= 0.3 is 0 Å². The number of nitrogens with zero attached hydrogens (tertiary/aromatic N) is 1. The summed E-state index contributed by atoms with van der Waals surface area (Å²) in [5.41, 5.74) is 3.50. The van der Waals surface area contributed by atoms with Gasteiger partial charge in [0, 0.05) is 6.20 Å². The van der Waals surface area contributed by atoms with Gasteiger partial charge in [-0.25, -0.2) is 0 Å². The molecule has 1 amide bonds. The molecule has 1 fully saturated rings. The average Bonchev–Trinajstić information content (AvgIpc) is 3.08. The number of pyridine rings is 1. The molecule has 6 heteroatoms. The van der Waals surface area contributed by atoms with Gasteiger partial charge < -0.3 is 15.2 Å². The van der Waals surface area contributed by atoms with E-state index in [9.17, 15) is 9.90 Å². The number of hydrogen-bond acceptors (Lipinski definition) is 5. The van der Waals surface area contributed by atoms with Crippen LogP contribution in [0.5, 0.6) is 5.75 Å². The van der Waals surface area contributed by atoms with Gasteiger partial charge in [0.25, 0.3) is 5.91 Å². The number of ether oxygens (including phenoxy) is 1. The van der Waals surface area contributed by atoms with Crippen molar-refractivity contribution in [2.75, 3.05) is 7.11 Å². The Kier molecular flexibility index (Phi) is 4.96. The number of aryl methyl sites for hydroxylation is 1. The molecule has 2 aromatic rings. The molecule has 2 N–H and O–H groups in total. The molecule has 2 heterocycles. The molecule has 26 heavy (non-hydrogen) atoms. The lowest BCUT2D eigenvalue weighted by atomic mass is 9.75. The average molecular weight is 372 g/mol. The summed E-state index contributed by atoms with van der Waals surface area (Å²) in [5, 5.41) is 15.1. The Bertz CT molecular complexity index is 798. The largest absolute Gasteiger partial charge is 0.495 e. The predicted octanol–water partition coefficient (Wildman–Crippen LogP) is 3.27. The van der Waals surface area contributed by atoms with E-state index in [1.54, 1.807) is 30.8 Å². The molecule has 2 aromatic heterocycles. The molecule has 0 bridgehead atoms. The van der Waals surface area contributed by atoms with E-state index in [0.717, 1.165) is 29.7 Å². The Morgan fingerprint density at radius 2 is 2.15 bits per heavy atom. The highest BCUT2D eigenvalue weighted by Gasteiger charge is 2.36. The first-order valence-electron chi connectivity index (χ1n) is 9.23. The minimum absolute atomic E-state index is 0.00707. The van der Waals surface area contributed by atoms with Gasteiger partial charge in [-0.05, 0) is 72.6 Å². The van der Waals surface area contributed by atoms with Crippen LogP contribution in [0.2, 0.25) is 0 Å². The first-order valence-corrected chi connectivity index (χ1v) is 10.1. The fourth-order valence-electron chi connectivity index (χ4n) is 4.01. The number of aromatic nitrogens is 1. The Morgan fingerprint density at radius 1 is 1.35 bits per heavy atom. The van der Waals surface area contributed by atoms with Crippen molar-refractivity contribution in [3.8, 4) is 5.75 Å². The number of nitrogens with one attached hydrogen (secondary N) is 1. The normalized spacial score (nSPS) is 22.8. The van der Waals surface area contributed by atoms with Crippen LogP contribution in [0, 0.1) is 5.92 Å². The smallest absolute Gasteiger partial charge is 0.262 e. The van der Waals surface area contributed by atoms with Crippen molar-refractivity contribution in [1.29, 1.82) is 0 Å². The molecule has 0 spiro atoms. The van der Waals surface area contributed by atoms with Crippen molar-refractivity contribution < 1.29 is 14.6 Å². The molecule has 138 valence electrons. The number of hydrogen-bond donors (Lipinski definition) is 2. The van der Waals surface area contributed by atoms with Crippen LogP contribution in [-0.4, -0.2) is 29.2 Å². The van der Waals surface area contributed by atoms with Crippen LogP contribution in [0.4, 0.5) is 0 Å². The molecule has 0 aliphatic heterocycles. The fourth-order valence-corrected chi connectivity index (χ4v) is 5.07. The summed E-state index contributed by atoms with van der Waals surface area (Å²) in [4.78, 5) is 18.1. The molecule has 1 unspecified atom stereocenters. The van der Waals surface area contributed by atoms with Gasteiger partial charge in [-0.15, -0.1) is 11.3 Å². The van der Waals surface area contributed by atoms with E-state index in [1.165, 1.54) is 17.5 Å². The van der Waals surface area contributed by atoms with E-state index >= 15 is 0 Å². The van der Waals surface area contributed by atoms with Crippen molar-refractivity contribution in [1.82, 2.24) is 10.3 Å². The van der Waals surface area contributed by atoms with E-state index in [0.29, 0.717) is 18.6 Å². The Hall–Kier alpha value is -1.92. The van der Waals surface area contributed by atoms with Crippen LogP contribution in [0.25, 0.3) is 0 Å². The number of thiophene rings is 1. The van der Waals surface area contributed by atoms with Crippen LogP contribution in [-0.2, 0) is 12.8 Å².